The molecular weight excluding hydrogens is 393 g/mol. The molecule has 0 N–H and O–H groups in total. The molecule has 1 aliphatic rings. The van der Waals surface area contributed by atoms with Crippen molar-refractivity contribution in [3.8, 4) is 22.9 Å². The Bertz CT molecular complexity index is 1030. The minimum Gasteiger partial charge on any atom is -0.439 e. The van der Waals surface area contributed by atoms with E-state index in [9.17, 15) is 9.18 Å². The Balaban J connectivity index is 1.73. The van der Waals surface area contributed by atoms with Crippen molar-refractivity contribution in [2.45, 2.75) is 39.2 Å². The van der Waals surface area contributed by atoms with Gasteiger partial charge in [0, 0.05) is 25.1 Å². The van der Waals surface area contributed by atoms with Gasteiger partial charge in [0.1, 0.15) is 17.3 Å². The van der Waals surface area contributed by atoms with E-state index in [-0.39, 0.29) is 17.6 Å². The lowest BCUT2D eigenvalue weighted by Crippen LogP contribution is -2.39. The highest BCUT2D eigenvalue weighted by molar-refractivity contribution is 5.80. The van der Waals surface area contributed by atoms with Gasteiger partial charge in [-0.25, -0.2) is 9.07 Å². The van der Waals surface area contributed by atoms with Crippen molar-refractivity contribution in [1.29, 1.82) is 0 Å². The van der Waals surface area contributed by atoms with Gasteiger partial charge in [-0.05, 0) is 43.5 Å². The standard InChI is InChI=1S/C25H28FN3O2/c1-3-16-29(24(30)19-10-7-11-19)17-22-23(18-8-5-4-6-9-18)27-28(2)25(22)31-21-14-12-20(26)13-15-21/h4-6,8-9,12-15,19H,3,7,10-11,16-17H2,1-2H3. The van der Waals surface area contributed by atoms with E-state index < -0.39 is 0 Å². The fourth-order valence-corrected chi connectivity index (χ4v) is 3.91. The van der Waals surface area contributed by atoms with E-state index in [4.69, 9.17) is 9.84 Å². The van der Waals surface area contributed by atoms with Gasteiger partial charge in [0.15, 0.2) is 0 Å². The molecule has 4 rings (SSSR count). The van der Waals surface area contributed by atoms with Crippen LogP contribution in [0.5, 0.6) is 11.6 Å². The van der Waals surface area contributed by atoms with Crippen molar-refractivity contribution in [2.24, 2.45) is 13.0 Å². The van der Waals surface area contributed by atoms with Crippen LogP contribution >= 0.6 is 0 Å². The van der Waals surface area contributed by atoms with Crippen LogP contribution in [0.2, 0.25) is 0 Å². The maximum absolute atomic E-state index is 13.4. The summed E-state index contributed by atoms with van der Waals surface area (Å²) in [6, 6.07) is 15.8. The molecule has 0 unspecified atom stereocenters. The highest BCUT2D eigenvalue weighted by Gasteiger charge is 2.31. The number of aromatic nitrogens is 2. The summed E-state index contributed by atoms with van der Waals surface area (Å²) in [5, 5.41) is 4.73. The van der Waals surface area contributed by atoms with Crippen LogP contribution in [0.25, 0.3) is 11.3 Å². The van der Waals surface area contributed by atoms with Crippen LogP contribution in [0.3, 0.4) is 0 Å². The Hall–Kier alpha value is -3.15. The van der Waals surface area contributed by atoms with Gasteiger partial charge in [0.2, 0.25) is 11.8 Å². The lowest BCUT2D eigenvalue weighted by atomic mass is 9.84. The molecule has 1 saturated carbocycles. The van der Waals surface area contributed by atoms with Gasteiger partial charge in [-0.15, -0.1) is 0 Å². The van der Waals surface area contributed by atoms with E-state index in [0.717, 1.165) is 42.5 Å². The number of benzene rings is 2. The first-order valence-corrected chi connectivity index (χ1v) is 10.9. The highest BCUT2D eigenvalue weighted by atomic mass is 19.1. The Labute approximate surface area is 182 Å². The van der Waals surface area contributed by atoms with Crippen LogP contribution in [0.1, 0.15) is 38.2 Å². The zero-order valence-electron chi connectivity index (χ0n) is 18.1. The molecule has 1 amide bonds. The quantitative estimate of drug-likeness (QED) is 0.479. The molecule has 6 heteroatoms. The summed E-state index contributed by atoms with van der Waals surface area (Å²) in [7, 11) is 1.83. The smallest absolute Gasteiger partial charge is 0.225 e. The third kappa shape index (κ3) is 4.63. The molecule has 0 saturated heterocycles. The number of ether oxygens (including phenoxy) is 1. The second-order valence-corrected chi connectivity index (χ2v) is 8.07. The summed E-state index contributed by atoms with van der Waals surface area (Å²) >= 11 is 0. The summed E-state index contributed by atoms with van der Waals surface area (Å²) in [6.45, 7) is 3.20. The molecular formula is C25H28FN3O2. The molecule has 1 aliphatic carbocycles. The minimum atomic E-state index is -0.317. The van der Waals surface area contributed by atoms with Gasteiger partial charge in [-0.3, -0.25) is 4.79 Å². The van der Waals surface area contributed by atoms with Crippen LogP contribution in [0, 0.1) is 11.7 Å². The van der Waals surface area contributed by atoms with Crippen molar-refractivity contribution in [3.05, 3.63) is 66.0 Å². The number of nitrogens with zero attached hydrogens (tertiary/aromatic N) is 3. The number of halogens is 1. The predicted molar refractivity (Wildman–Crippen MR) is 118 cm³/mol. The summed E-state index contributed by atoms with van der Waals surface area (Å²) in [5.74, 6) is 1.11. The van der Waals surface area contributed by atoms with Gasteiger partial charge in [-0.2, -0.15) is 5.10 Å². The number of hydrogen-bond donors (Lipinski definition) is 0. The molecule has 0 aliphatic heterocycles. The van der Waals surface area contributed by atoms with Crippen LogP contribution in [-0.4, -0.2) is 27.1 Å². The molecule has 1 fully saturated rings. The van der Waals surface area contributed by atoms with Crippen molar-refractivity contribution >= 4 is 5.91 Å². The van der Waals surface area contributed by atoms with Gasteiger partial charge in [-0.1, -0.05) is 43.7 Å². The molecule has 0 spiro atoms. The first kappa shape index (κ1) is 21.1. The molecule has 162 valence electrons. The summed E-state index contributed by atoms with van der Waals surface area (Å²) in [6.07, 6.45) is 3.94. The van der Waals surface area contributed by atoms with Crippen LogP contribution in [-0.2, 0) is 18.4 Å². The lowest BCUT2D eigenvalue weighted by Gasteiger charge is -2.31. The zero-order chi connectivity index (χ0) is 21.8. The van der Waals surface area contributed by atoms with Crippen molar-refractivity contribution in [2.75, 3.05) is 6.54 Å². The van der Waals surface area contributed by atoms with Crippen molar-refractivity contribution < 1.29 is 13.9 Å². The van der Waals surface area contributed by atoms with Crippen LogP contribution < -0.4 is 4.74 Å². The average Bonchev–Trinajstić information content (AvgIpc) is 3.04. The Morgan fingerprint density at radius 3 is 2.48 bits per heavy atom. The predicted octanol–water partition coefficient (Wildman–Crippen LogP) is 5.56. The summed E-state index contributed by atoms with van der Waals surface area (Å²) in [5.41, 5.74) is 2.62. The second-order valence-electron chi connectivity index (χ2n) is 8.07. The normalized spacial score (nSPS) is 13.6. The molecule has 3 aromatic rings. The van der Waals surface area contributed by atoms with E-state index in [0.29, 0.717) is 24.7 Å². The molecule has 1 heterocycles. The maximum Gasteiger partial charge on any atom is 0.225 e. The highest BCUT2D eigenvalue weighted by Crippen LogP contribution is 2.35. The number of amides is 1. The van der Waals surface area contributed by atoms with Gasteiger partial charge < -0.3 is 9.64 Å². The summed E-state index contributed by atoms with van der Waals surface area (Å²) in [4.78, 5) is 15.0. The first-order valence-electron chi connectivity index (χ1n) is 10.9. The second kappa shape index (κ2) is 9.33. The van der Waals surface area contributed by atoms with E-state index in [1.807, 2.05) is 42.3 Å². The van der Waals surface area contributed by atoms with E-state index in [1.54, 1.807) is 16.8 Å². The monoisotopic (exact) mass is 421 g/mol. The van der Waals surface area contributed by atoms with E-state index in [2.05, 4.69) is 6.92 Å². The SMILES string of the molecule is CCCN(Cc1c(-c2ccccc2)nn(C)c1Oc1ccc(F)cc1)C(=O)C1CCC1. The Kier molecular flexibility index (Phi) is 6.35. The fourth-order valence-electron chi connectivity index (χ4n) is 3.91. The number of aryl methyl sites for hydroxylation is 1. The third-order valence-electron chi connectivity index (χ3n) is 5.77. The molecule has 0 radical (unpaired) electrons. The van der Waals surface area contributed by atoms with Crippen LogP contribution in [0.15, 0.2) is 54.6 Å². The fraction of sp³-hybridized carbons (Fsp3) is 0.360. The minimum absolute atomic E-state index is 0.130. The average molecular weight is 422 g/mol. The third-order valence-corrected chi connectivity index (χ3v) is 5.77. The molecule has 2 aromatic carbocycles. The van der Waals surface area contributed by atoms with Crippen molar-refractivity contribution in [3.63, 3.8) is 0 Å². The zero-order valence-corrected chi connectivity index (χ0v) is 18.1. The molecule has 31 heavy (non-hydrogen) atoms. The van der Waals surface area contributed by atoms with Gasteiger partial charge >= 0.3 is 0 Å². The van der Waals surface area contributed by atoms with Gasteiger partial charge in [0.05, 0.1) is 12.1 Å². The largest absolute Gasteiger partial charge is 0.439 e. The summed E-state index contributed by atoms with van der Waals surface area (Å²) < 4.78 is 21.2. The van der Waals surface area contributed by atoms with E-state index in [1.165, 1.54) is 12.1 Å². The number of carbonyl (C=O) groups is 1. The molecule has 0 atom stereocenters. The molecule has 1 aromatic heterocycles. The number of carbonyl (C=O) groups excluding carboxylic acids is 1. The number of rotatable bonds is 8. The maximum atomic E-state index is 13.4. The van der Waals surface area contributed by atoms with E-state index >= 15 is 0 Å². The number of hydrogen-bond acceptors (Lipinski definition) is 3. The molecule has 5 nitrogen and oxygen atoms in total. The van der Waals surface area contributed by atoms with Crippen LogP contribution in [0.4, 0.5) is 4.39 Å². The lowest BCUT2D eigenvalue weighted by molar-refractivity contribution is -0.138. The van der Waals surface area contributed by atoms with Gasteiger partial charge in [0.25, 0.3) is 0 Å². The topological polar surface area (TPSA) is 47.4 Å². The molecule has 0 bridgehead atoms. The first-order chi connectivity index (χ1) is 15.1. The Morgan fingerprint density at radius 2 is 1.87 bits per heavy atom. The Morgan fingerprint density at radius 1 is 1.16 bits per heavy atom. The van der Waals surface area contributed by atoms with Crippen molar-refractivity contribution in [1.82, 2.24) is 14.7 Å².